The third-order valence-electron chi connectivity index (χ3n) is 3.42. The summed E-state index contributed by atoms with van der Waals surface area (Å²) in [7, 11) is 0. The lowest BCUT2D eigenvalue weighted by Crippen LogP contribution is -2.31. The van der Waals surface area contributed by atoms with Gasteiger partial charge in [-0.1, -0.05) is 25.1 Å². The number of aromatic nitrogens is 1. The van der Waals surface area contributed by atoms with Gasteiger partial charge in [0.05, 0.1) is 11.6 Å². The zero-order valence-corrected chi connectivity index (χ0v) is 14.2. The minimum atomic E-state index is -1.03. The number of thiazole rings is 1. The van der Waals surface area contributed by atoms with Gasteiger partial charge >= 0.3 is 5.97 Å². The third kappa shape index (κ3) is 5.66. The molecule has 6 nitrogen and oxygen atoms in total. The molecule has 0 aliphatic carbocycles. The molecule has 2 aromatic rings. The Bertz CT molecular complexity index is 672. The van der Waals surface area contributed by atoms with Crippen LogP contribution in [-0.4, -0.2) is 35.1 Å². The fraction of sp³-hybridized carbons (Fsp3) is 0.353. The highest BCUT2D eigenvalue weighted by Gasteiger charge is 2.13. The molecule has 1 aromatic heterocycles. The molecule has 0 aliphatic rings. The molecule has 1 aromatic carbocycles. The summed E-state index contributed by atoms with van der Waals surface area (Å²) in [5, 5.41) is 13.9. The number of para-hydroxylation sites is 1. The van der Waals surface area contributed by atoms with Crippen molar-refractivity contribution in [2.45, 2.75) is 19.8 Å². The molecule has 0 saturated heterocycles. The predicted octanol–water partition coefficient (Wildman–Crippen LogP) is 2.61. The number of amides is 1. The monoisotopic (exact) mass is 348 g/mol. The number of rotatable bonds is 9. The number of nitrogens with zero attached hydrogens (tertiary/aromatic N) is 1. The summed E-state index contributed by atoms with van der Waals surface area (Å²) in [5.74, 6) is -0.432. The maximum atomic E-state index is 12.0. The molecule has 2 N–H and O–H groups in total. The molecule has 0 radical (unpaired) electrons. The summed E-state index contributed by atoms with van der Waals surface area (Å²) in [4.78, 5) is 26.7. The first-order valence-electron chi connectivity index (χ1n) is 7.69. The minimum Gasteiger partial charge on any atom is -0.494 e. The van der Waals surface area contributed by atoms with Crippen molar-refractivity contribution in [3.8, 4) is 5.75 Å². The van der Waals surface area contributed by atoms with Crippen LogP contribution < -0.4 is 10.1 Å². The predicted molar refractivity (Wildman–Crippen MR) is 91.5 cm³/mol. The molecule has 0 fully saturated rings. The van der Waals surface area contributed by atoms with Gasteiger partial charge in [0.25, 0.3) is 0 Å². The number of aromatic carboxylic acids is 1. The van der Waals surface area contributed by atoms with E-state index in [0.29, 0.717) is 31.0 Å². The lowest BCUT2D eigenvalue weighted by Gasteiger charge is -2.12. The highest BCUT2D eigenvalue weighted by molar-refractivity contribution is 7.09. The average Bonchev–Trinajstić information content (AvgIpc) is 3.05. The zero-order valence-electron chi connectivity index (χ0n) is 13.4. The Morgan fingerprint density at radius 2 is 2.08 bits per heavy atom. The number of hydrogen-bond acceptors (Lipinski definition) is 5. The van der Waals surface area contributed by atoms with Crippen molar-refractivity contribution in [1.29, 1.82) is 0 Å². The van der Waals surface area contributed by atoms with E-state index in [4.69, 9.17) is 9.84 Å². The van der Waals surface area contributed by atoms with Crippen molar-refractivity contribution in [1.82, 2.24) is 10.3 Å². The summed E-state index contributed by atoms with van der Waals surface area (Å²) in [6.45, 7) is 2.78. The van der Waals surface area contributed by atoms with Crippen molar-refractivity contribution in [3.63, 3.8) is 0 Å². The van der Waals surface area contributed by atoms with Crippen LogP contribution in [-0.2, 0) is 11.2 Å². The van der Waals surface area contributed by atoms with Crippen LogP contribution >= 0.6 is 11.3 Å². The number of carbonyl (C=O) groups is 2. The number of carboxylic acid groups (broad SMARTS) is 1. The smallest absolute Gasteiger partial charge is 0.355 e. The zero-order chi connectivity index (χ0) is 17.4. The third-order valence-corrected chi connectivity index (χ3v) is 4.33. The summed E-state index contributed by atoms with van der Waals surface area (Å²) >= 11 is 1.29. The molecule has 2 rings (SSSR count). The van der Waals surface area contributed by atoms with Crippen molar-refractivity contribution in [2.75, 3.05) is 13.2 Å². The van der Waals surface area contributed by atoms with E-state index in [2.05, 4.69) is 10.3 Å². The summed E-state index contributed by atoms with van der Waals surface area (Å²) in [5.41, 5.74) is 0.0488. The van der Waals surface area contributed by atoms with E-state index >= 15 is 0 Å². The van der Waals surface area contributed by atoms with Crippen LogP contribution in [0.25, 0.3) is 0 Å². The molecular formula is C17H20N2O4S. The van der Waals surface area contributed by atoms with Gasteiger partial charge in [0.2, 0.25) is 5.91 Å². The normalized spacial score (nSPS) is 11.7. The topological polar surface area (TPSA) is 88.5 Å². The quantitative estimate of drug-likeness (QED) is 0.727. The maximum absolute atomic E-state index is 12.0. The Labute approximate surface area is 144 Å². The second-order valence-electron chi connectivity index (χ2n) is 5.32. The fourth-order valence-electron chi connectivity index (χ4n) is 1.99. The lowest BCUT2D eigenvalue weighted by molar-refractivity contribution is -0.124. The maximum Gasteiger partial charge on any atom is 0.355 e. The highest BCUT2D eigenvalue weighted by atomic mass is 32.1. The van der Waals surface area contributed by atoms with E-state index in [1.165, 1.54) is 16.7 Å². The van der Waals surface area contributed by atoms with Crippen LogP contribution in [0.15, 0.2) is 35.7 Å². The van der Waals surface area contributed by atoms with E-state index in [-0.39, 0.29) is 17.5 Å². The summed E-state index contributed by atoms with van der Waals surface area (Å²) < 4.78 is 5.58. The first-order valence-corrected chi connectivity index (χ1v) is 8.57. The Kier molecular flexibility index (Phi) is 6.74. The minimum absolute atomic E-state index is 0.0401. The molecule has 1 amide bonds. The number of carbonyl (C=O) groups excluding carboxylic acids is 1. The Hall–Kier alpha value is -2.41. The van der Waals surface area contributed by atoms with Gasteiger partial charge in [0.1, 0.15) is 5.75 Å². The molecule has 1 heterocycles. The average molecular weight is 348 g/mol. The van der Waals surface area contributed by atoms with Crippen LogP contribution in [0.5, 0.6) is 5.75 Å². The van der Waals surface area contributed by atoms with Crippen LogP contribution in [0, 0.1) is 5.92 Å². The standard InChI is InChI=1S/C17H20N2O4S/c1-12(8-10-23-13-5-3-2-4-6-13)16(20)18-9-7-15-19-14(11-24-15)17(21)22/h2-6,11-12H,7-10H2,1H3,(H,18,20)(H,21,22). The molecule has 0 saturated carbocycles. The Morgan fingerprint density at radius 3 is 2.75 bits per heavy atom. The van der Waals surface area contributed by atoms with E-state index < -0.39 is 5.97 Å². The van der Waals surface area contributed by atoms with Gasteiger partial charge in [-0.05, 0) is 18.6 Å². The largest absolute Gasteiger partial charge is 0.494 e. The molecule has 1 unspecified atom stereocenters. The first-order chi connectivity index (χ1) is 11.6. The van der Waals surface area contributed by atoms with Crippen molar-refractivity contribution < 1.29 is 19.4 Å². The molecule has 7 heteroatoms. The molecule has 0 aliphatic heterocycles. The second-order valence-corrected chi connectivity index (χ2v) is 6.27. The summed E-state index contributed by atoms with van der Waals surface area (Å²) in [6, 6.07) is 9.48. The lowest BCUT2D eigenvalue weighted by atomic mass is 10.1. The van der Waals surface area contributed by atoms with E-state index in [1.807, 2.05) is 37.3 Å². The van der Waals surface area contributed by atoms with Gasteiger partial charge in [-0.2, -0.15) is 0 Å². The highest BCUT2D eigenvalue weighted by Crippen LogP contribution is 2.11. The molecular weight excluding hydrogens is 328 g/mol. The van der Waals surface area contributed by atoms with Gasteiger partial charge in [0, 0.05) is 24.3 Å². The van der Waals surface area contributed by atoms with E-state index in [9.17, 15) is 9.59 Å². The van der Waals surface area contributed by atoms with Gasteiger partial charge in [-0.3, -0.25) is 4.79 Å². The fourth-order valence-corrected chi connectivity index (χ4v) is 2.76. The molecule has 24 heavy (non-hydrogen) atoms. The van der Waals surface area contributed by atoms with Gasteiger partial charge in [-0.25, -0.2) is 9.78 Å². The van der Waals surface area contributed by atoms with Gasteiger partial charge < -0.3 is 15.2 Å². The SMILES string of the molecule is CC(CCOc1ccccc1)C(=O)NCCc1nc(C(=O)O)cs1. The second kappa shape index (κ2) is 9.02. The van der Waals surface area contributed by atoms with Crippen LogP contribution in [0.1, 0.15) is 28.8 Å². The Balaban J connectivity index is 1.65. The van der Waals surface area contributed by atoms with Crippen LogP contribution in [0.3, 0.4) is 0 Å². The van der Waals surface area contributed by atoms with Crippen molar-refractivity contribution in [3.05, 3.63) is 46.4 Å². The number of benzene rings is 1. The van der Waals surface area contributed by atoms with Crippen LogP contribution in [0.4, 0.5) is 0 Å². The molecule has 1 atom stereocenters. The molecule has 0 bridgehead atoms. The molecule has 128 valence electrons. The number of hydrogen-bond donors (Lipinski definition) is 2. The van der Waals surface area contributed by atoms with E-state index in [1.54, 1.807) is 0 Å². The molecule has 0 spiro atoms. The van der Waals surface area contributed by atoms with Gasteiger partial charge in [0.15, 0.2) is 5.69 Å². The number of ether oxygens (including phenoxy) is 1. The number of carboxylic acids is 1. The summed E-state index contributed by atoms with van der Waals surface area (Å²) in [6.07, 6.45) is 1.15. The Morgan fingerprint density at radius 1 is 1.33 bits per heavy atom. The first kappa shape index (κ1) is 17.9. The number of nitrogens with one attached hydrogen (secondary N) is 1. The van der Waals surface area contributed by atoms with E-state index in [0.717, 1.165) is 5.75 Å². The van der Waals surface area contributed by atoms with Crippen LogP contribution in [0.2, 0.25) is 0 Å². The van der Waals surface area contributed by atoms with Crippen molar-refractivity contribution >= 4 is 23.2 Å². The van der Waals surface area contributed by atoms with Crippen molar-refractivity contribution in [2.24, 2.45) is 5.92 Å². The van der Waals surface area contributed by atoms with Gasteiger partial charge in [-0.15, -0.1) is 11.3 Å².